The molecule has 1 aliphatic carbocycles. The zero-order valence-corrected chi connectivity index (χ0v) is 14.4. The van der Waals surface area contributed by atoms with Crippen LogP contribution in [0.1, 0.15) is 72.0 Å². The number of sulfonamides is 1. The van der Waals surface area contributed by atoms with Crippen LogP contribution in [0.25, 0.3) is 0 Å². The van der Waals surface area contributed by atoms with Crippen LogP contribution < -0.4 is 5.14 Å². The Hall–Kier alpha value is -0.950. The molecule has 0 bridgehead atoms. The molecule has 2 N–H and O–H groups in total. The normalized spacial score (nSPS) is 23.2. The molecule has 1 fully saturated rings. The van der Waals surface area contributed by atoms with Crippen molar-refractivity contribution in [2.45, 2.75) is 76.9 Å². The fourth-order valence-electron chi connectivity index (χ4n) is 3.29. The van der Waals surface area contributed by atoms with Crippen LogP contribution in [-0.4, -0.2) is 23.2 Å². The molecule has 7 heteroatoms. The molecule has 0 radical (unpaired) electrons. The predicted molar refractivity (Wildman–Crippen MR) is 81.4 cm³/mol. The third kappa shape index (κ3) is 3.13. The standard InChI is InChI=1S/C14H26N4O2S/c1-13(2,3)18-11(16-17-12(18)21(15,19)20)10-8-6-7-9-14(10,4)5/h10H,6-9H2,1-5H3,(H2,15,19,20). The summed E-state index contributed by atoms with van der Waals surface area (Å²) < 4.78 is 25.3. The molecule has 1 heterocycles. The van der Waals surface area contributed by atoms with E-state index in [4.69, 9.17) is 5.14 Å². The number of rotatable bonds is 2. The van der Waals surface area contributed by atoms with Gasteiger partial charge in [-0.05, 0) is 39.0 Å². The Kier molecular flexibility index (Phi) is 3.95. The van der Waals surface area contributed by atoms with Gasteiger partial charge in [-0.15, -0.1) is 10.2 Å². The topological polar surface area (TPSA) is 90.9 Å². The van der Waals surface area contributed by atoms with Crippen molar-refractivity contribution in [2.24, 2.45) is 10.6 Å². The van der Waals surface area contributed by atoms with E-state index < -0.39 is 15.6 Å². The molecule has 1 unspecified atom stereocenters. The van der Waals surface area contributed by atoms with E-state index >= 15 is 0 Å². The lowest BCUT2D eigenvalue weighted by Gasteiger charge is -2.39. The number of primary sulfonamides is 1. The van der Waals surface area contributed by atoms with Gasteiger partial charge in [-0.3, -0.25) is 4.57 Å². The minimum absolute atomic E-state index is 0.0872. The number of hydrogen-bond donors (Lipinski definition) is 1. The molecule has 0 amide bonds. The van der Waals surface area contributed by atoms with Gasteiger partial charge in [-0.1, -0.05) is 26.7 Å². The molecule has 2 rings (SSSR count). The van der Waals surface area contributed by atoms with E-state index in [1.807, 2.05) is 20.8 Å². The van der Waals surface area contributed by atoms with Crippen molar-refractivity contribution in [1.29, 1.82) is 0 Å². The molecule has 21 heavy (non-hydrogen) atoms. The van der Waals surface area contributed by atoms with Crippen LogP contribution in [-0.2, 0) is 15.6 Å². The van der Waals surface area contributed by atoms with Crippen molar-refractivity contribution < 1.29 is 8.42 Å². The number of hydrogen-bond acceptors (Lipinski definition) is 4. The number of nitrogens with zero attached hydrogens (tertiary/aromatic N) is 3. The van der Waals surface area contributed by atoms with Gasteiger partial charge in [-0.2, -0.15) is 0 Å². The van der Waals surface area contributed by atoms with Crippen molar-refractivity contribution in [3.8, 4) is 0 Å². The maximum Gasteiger partial charge on any atom is 0.273 e. The van der Waals surface area contributed by atoms with Crippen LogP contribution >= 0.6 is 0 Å². The van der Waals surface area contributed by atoms with E-state index in [-0.39, 0.29) is 16.5 Å². The smallest absolute Gasteiger partial charge is 0.273 e. The van der Waals surface area contributed by atoms with Crippen molar-refractivity contribution in [3.05, 3.63) is 5.82 Å². The van der Waals surface area contributed by atoms with Gasteiger partial charge in [0.05, 0.1) is 0 Å². The van der Waals surface area contributed by atoms with E-state index in [9.17, 15) is 8.42 Å². The third-order valence-corrected chi connectivity index (χ3v) is 5.18. The van der Waals surface area contributed by atoms with E-state index in [2.05, 4.69) is 24.0 Å². The average Bonchev–Trinajstić information content (AvgIpc) is 2.71. The van der Waals surface area contributed by atoms with Crippen LogP contribution in [0, 0.1) is 5.41 Å². The molecule has 120 valence electrons. The zero-order chi connectivity index (χ0) is 16.1. The second-order valence-electron chi connectivity index (χ2n) is 7.68. The lowest BCUT2D eigenvalue weighted by atomic mass is 9.68. The van der Waals surface area contributed by atoms with Gasteiger partial charge < -0.3 is 0 Å². The summed E-state index contributed by atoms with van der Waals surface area (Å²) in [5.74, 6) is 0.949. The Morgan fingerprint density at radius 3 is 2.33 bits per heavy atom. The molecule has 1 aromatic rings. The molecule has 1 aromatic heterocycles. The molecule has 0 aromatic carbocycles. The second-order valence-corrected chi connectivity index (χ2v) is 9.13. The summed E-state index contributed by atoms with van der Waals surface area (Å²) in [6.45, 7) is 10.3. The van der Waals surface area contributed by atoms with E-state index in [1.165, 1.54) is 6.42 Å². The quantitative estimate of drug-likeness (QED) is 0.907. The highest BCUT2D eigenvalue weighted by atomic mass is 32.2. The first-order chi connectivity index (χ1) is 9.44. The summed E-state index contributed by atoms with van der Waals surface area (Å²) >= 11 is 0. The lowest BCUT2D eigenvalue weighted by molar-refractivity contribution is 0.179. The summed E-state index contributed by atoms with van der Waals surface area (Å²) in [7, 11) is -3.88. The number of nitrogens with two attached hydrogens (primary N) is 1. The predicted octanol–water partition coefficient (Wildman–Crippen LogP) is 2.36. The second kappa shape index (κ2) is 5.05. The van der Waals surface area contributed by atoms with Crippen LogP contribution in [0.2, 0.25) is 0 Å². The van der Waals surface area contributed by atoms with Gasteiger partial charge in [0, 0.05) is 11.5 Å². The molecule has 1 saturated carbocycles. The summed E-state index contributed by atoms with van der Waals surface area (Å²) in [5.41, 5.74) is -0.349. The van der Waals surface area contributed by atoms with Gasteiger partial charge in [0.2, 0.25) is 0 Å². The average molecular weight is 314 g/mol. The summed E-state index contributed by atoms with van der Waals surface area (Å²) in [6.07, 6.45) is 4.45. The highest BCUT2D eigenvalue weighted by Crippen LogP contribution is 2.47. The fourth-order valence-corrected chi connectivity index (χ4v) is 4.07. The molecule has 0 spiro atoms. The number of aromatic nitrogens is 3. The molecule has 6 nitrogen and oxygen atoms in total. The van der Waals surface area contributed by atoms with Crippen molar-refractivity contribution >= 4 is 10.0 Å². The fraction of sp³-hybridized carbons (Fsp3) is 0.857. The Morgan fingerprint density at radius 1 is 1.24 bits per heavy atom. The Morgan fingerprint density at radius 2 is 1.86 bits per heavy atom. The third-order valence-electron chi connectivity index (χ3n) is 4.40. The van der Waals surface area contributed by atoms with Crippen LogP contribution in [0.4, 0.5) is 0 Å². The summed E-state index contributed by atoms with van der Waals surface area (Å²) in [4.78, 5) is 0. The molecular weight excluding hydrogens is 288 g/mol. The van der Waals surface area contributed by atoms with Gasteiger partial charge in [0.15, 0.2) is 0 Å². The van der Waals surface area contributed by atoms with Crippen molar-refractivity contribution in [1.82, 2.24) is 14.8 Å². The Labute approximate surface area is 127 Å². The maximum absolute atomic E-state index is 11.8. The monoisotopic (exact) mass is 314 g/mol. The van der Waals surface area contributed by atoms with Crippen molar-refractivity contribution in [2.75, 3.05) is 0 Å². The maximum atomic E-state index is 11.8. The first-order valence-corrected chi connectivity index (χ1v) is 8.98. The van der Waals surface area contributed by atoms with E-state index in [1.54, 1.807) is 4.57 Å². The van der Waals surface area contributed by atoms with Gasteiger partial charge in [0.1, 0.15) is 5.82 Å². The summed E-state index contributed by atoms with van der Waals surface area (Å²) in [5, 5.41) is 13.3. The highest BCUT2D eigenvalue weighted by molar-refractivity contribution is 7.89. The zero-order valence-electron chi connectivity index (χ0n) is 13.5. The minimum atomic E-state index is -3.88. The molecule has 0 aliphatic heterocycles. The SMILES string of the molecule is CC1(C)CCCCC1c1nnc(S(N)(=O)=O)n1C(C)(C)C. The van der Waals surface area contributed by atoms with E-state index in [0.717, 1.165) is 25.1 Å². The van der Waals surface area contributed by atoms with Crippen LogP contribution in [0.5, 0.6) is 0 Å². The largest absolute Gasteiger partial charge is 0.295 e. The molecule has 1 atom stereocenters. The Bertz CT molecular complexity index is 626. The Balaban J connectivity index is 2.63. The minimum Gasteiger partial charge on any atom is -0.295 e. The van der Waals surface area contributed by atoms with Gasteiger partial charge in [0.25, 0.3) is 15.2 Å². The van der Waals surface area contributed by atoms with Crippen LogP contribution in [0.15, 0.2) is 5.16 Å². The molecule has 0 saturated heterocycles. The molecule has 1 aliphatic rings. The summed E-state index contributed by atoms with van der Waals surface area (Å²) in [6, 6.07) is 0. The van der Waals surface area contributed by atoms with Gasteiger partial charge in [-0.25, -0.2) is 13.6 Å². The first-order valence-electron chi connectivity index (χ1n) is 7.43. The lowest BCUT2D eigenvalue weighted by Crippen LogP contribution is -2.34. The molecular formula is C14H26N4O2S. The first kappa shape index (κ1) is 16.4. The van der Waals surface area contributed by atoms with Crippen LogP contribution in [0.3, 0.4) is 0 Å². The highest BCUT2D eigenvalue weighted by Gasteiger charge is 2.40. The van der Waals surface area contributed by atoms with E-state index in [0.29, 0.717) is 0 Å². The van der Waals surface area contributed by atoms with Gasteiger partial charge >= 0.3 is 0 Å². The van der Waals surface area contributed by atoms with Crippen molar-refractivity contribution in [3.63, 3.8) is 0 Å².